The minimum Gasteiger partial charge on any atom is -0.497 e. The van der Waals surface area contributed by atoms with Crippen LogP contribution >= 0.6 is 27.3 Å². The molecule has 0 saturated heterocycles. The molecule has 0 atom stereocenters. The Morgan fingerprint density at radius 3 is 2.71 bits per heavy atom. The van der Waals surface area contributed by atoms with Gasteiger partial charge in [-0.15, -0.1) is 16.4 Å². The summed E-state index contributed by atoms with van der Waals surface area (Å²) in [4.78, 5) is 28.7. The lowest BCUT2D eigenvalue weighted by molar-refractivity contribution is -0.115. The molecule has 0 aliphatic carbocycles. The van der Waals surface area contributed by atoms with Gasteiger partial charge in [-0.05, 0) is 40.2 Å². The molecule has 3 rings (SSSR count). The molecule has 1 aromatic carbocycles. The molecular formula is C17H16BrN5O4S. The van der Waals surface area contributed by atoms with Gasteiger partial charge in [0.2, 0.25) is 11.9 Å². The number of benzene rings is 1. The number of amides is 2. The fourth-order valence-electron chi connectivity index (χ4n) is 2.29. The maximum absolute atomic E-state index is 12.0. The van der Waals surface area contributed by atoms with Gasteiger partial charge in [0.25, 0.3) is 5.91 Å². The average molecular weight is 466 g/mol. The van der Waals surface area contributed by atoms with Crippen LogP contribution in [-0.2, 0) is 4.79 Å². The van der Waals surface area contributed by atoms with Gasteiger partial charge in [-0.25, -0.2) is 0 Å². The quantitative estimate of drug-likeness (QED) is 0.493. The van der Waals surface area contributed by atoms with Gasteiger partial charge in [-0.1, -0.05) is 0 Å². The van der Waals surface area contributed by atoms with Crippen LogP contribution in [0.25, 0.3) is 11.4 Å². The van der Waals surface area contributed by atoms with Crippen molar-refractivity contribution in [1.82, 2.24) is 20.5 Å². The van der Waals surface area contributed by atoms with E-state index in [1.165, 1.54) is 18.4 Å². The highest BCUT2D eigenvalue weighted by molar-refractivity contribution is 9.11. The van der Waals surface area contributed by atoms with Crippen molar-refractivity contribution in [3.8, 4) is 22.9 Å². The van der Waals surface area contributed by atoms with E-state index in [-0.39, 0.29) is 18.4 Å². The zero-order valence-electron chi connectivity index (χ0n) is 14.9. The highest BCUT2D eigenvalue weighted by Gasteiger charge is 2.15. The van der Waals surface area contributed by atoms with E-state index in [2.05, 4.69) is 41.7 Å². The van der Waals surface area contributed by atoms with E-state index in [0.29, 0.717) is 27.8 Å². The number of hydrogen-bond acceptors (Lipinski definition) is 7. The van der Waals surface area contributed by atoms with E-state index >= 15 is 0 Å². The van der Waals surface area contributed by atoms with Gasteiger partial charge < -0.3 is 14.8 Å². The van der Waals surface area contributed by atoms with Gasteiger partial charge >= 0.3 is 0 Å². The topological polar surface area (TPSA) is 118 Å². The number of carbonyl (C=O) groups excluding carboxylic acids is 2. The Morgan fingerprint density at radius 2 is 2.04 bits per heavy atom. The highest BCUT2D eigenvalue weighted by atomic mass is 79.9. The number of nitrogens with one attached hydrogen (secondary N) is 3. The minimum absolute atomic E-state index is 0.0889. The Balaban J connectivity index is 1.61. The molecule has 0 fully saturated rings. The molecule has 2 amide bonds. The van der Waals surface area contributed by atoms with Crippen LogP contribution in [0, 0.1) is 0 Å². The zero-order chi connectivity index (χ0) is 20.1. The van der Waals surface area contributed by atoms with E-state index in [9.17, 15) is 9.59 Å². The predicted molar refractivity (Wildman–Crippen MR) is 108 cm³/mol. The van der Waals surface area contributed by atoms with E-state index in [1.54, 1.807) is 37.4 Å². The lowest BCUT2D eigenvalue weighted by Crippen LogP contribution is -2.32. The van der Waals surface area contributed by atoms with Gasteiger partial charge in [-0.2, -0.15) is 4.98 Å². The van der Waals surface area contributed by atoms with Crippen molar-refractivity contribution in [1.29, 1.82) is 0 Å². The Labute approximate surface area is 172 Å². The number of ether oxygens (including phenoxy) is 2. The van der Waals surface area contributed by atoms with Crippen LogP contribution < -0.4 is 20.1 Å². The van der Waals surface area contributed by atoms with Gasteiger partial charge in [-0.3, -0.25) is 20.0 Å². The largest absolute Gasteiger partial charge is 0.497 e. The van der Waals surface area contributed by atoms with Gasteiger partial charge in [0.1, 0.15) is 11.5 Å². The number of H-pyrrole nitrogens is 1. The molecule has 9 nitrogen and oxygen atoms in total. The van der Waals surface area contributed by atoms with Crippen molar-refractivity contribution in [2.24, 2.45) is 0 Å². The first kappa shape index (κ1) is 19.8. The average Bonchev–Trinajstić information content (AvgIpc) is 3.34. The predicted octanol–water partition coefficient (Wildman–Crippen LogP) is 2.68. The molecule has 3 N–H and O–H groups in total. The third kappa shape index (κ3) is 4.67. The van der Waals surface area contributed by atoms with Gasteiger partial charge in [0.05, 0.1) is 35.0 Å². The smallest absolute Gasteiger partial charge is 0.261 e. The Bertz CT molecular complexity index is 1000. The molecule has 3 aromatic rings. The van der Waals surface area contributed by atoms with Crippen molar-refractivity contribution in [3.63, 3.8) is 0 Å². The Hall–Kier alpha value is -2.92. The molecule has 0 saturated carbocycles. The summed E-state index contributed by atoms with van der Waals surface area (Å²) in [5.74, 6) is 0.916. The molecule has 0 bridgehead atoms. The summed E-state index contributed by atoms with van der Waals surface area (Å²) in [5, 5.41) is 11.8. The lowest BCUT2D eigenvalue weighted by Gasteiger charge is -2.07. The Morgan fingerprint density at radius 1 is 1.21 bits per heavy atom. The maximum atomic E-state index is 12.0. The number of aromatic amines is 1. The lowest BCUT2D eigenvalue weighted by atomic mass is 10.2. The van der Waals surface area contributed by atoms with Crippen LogP contribution in [0.4, 0.5) is 5.95 Å². The summed E-state index contributed by atoms with van der Waals surface area (Å²) in [6.45, 7) is -0.204. The normalized spacial score (nSPS) is 10.4. The first-order chi connectivity index (χ1) is 13.5. The fraction of sp³-hybridized carbons (Fsp3) is 0.176. The number of rotatable bonds is 7. The van der Waals surface area contributed by atoms with Crippen molar-refractivity contribution in [2.45, 2.75) is 0 Å². The van der Waals surface area contributed by atoms with Gasteiger partial charge in [0.15, 0.2) is 5.82 Å². The molecule has 0 radical (unpaired) electrons. The van der Waals surface area contributed by atoms with Crippen LogP contribution in [0.5, 0.6) is 11.5 Å². The third-order valence-corrected chi connectivity index (χ3v) is 5.23. The number of methoxy groups -OCH3 is 2. The molecule has 11 heteroatoms. The van der Waals surface area contributed by atoms with Crippen LogP contribution in [0.1, 0.15) is 9.67 Å². The number of anilines is 1. The van der Waals surface area contributed by atoms with E-state index < -0.39 is 5.91 Å². The minimum atomic E-state index is -0.448. The summed E-state index contributed by atoms with van der Waals surface area (Å²) in [5.41, 5.74) is 0.660. The van der Waals surface area contributed by atoms with Crippen molar-refractivity contribution >= 4 is 45.0 Å². The number of carbonyl (C=O) groups is 2. The molecule has 2 heterocycles. The van der Waals surface area contributed by atoms with Crippen molar-refractivity contribution in [2.75, 3.05) is 26.1 Å². The first-order valence-electron chi connectivity index (χ1n) is 7.98. The Kier molecular flexibility index (Phi) is 6.26. The zero-order valence-corrected chi connectivity index (χ0v) is 17.3. The molecule has 146 valence electrons. The van der Waals surface area contributed by atoms with Crippen molar-refractivity contribution < 1.29 is 19.1 Å². The molecule has 2 aromatic heterocycles. The summed E-state index contributed by atoms with van der Waals surface area (Å²) in [6, 6.07) is 8.68. The molecule has 0 unspecified atom stereocenters. The molecule has 0 spiro atoms. The molecule has 0 aliphatic rings. The summed E-state index contributed by atoms with van der Waals surface area (Å²) in [7, 11) is 3.10. The number of nitrogens with zero attached hydrogens (tertiary/aromatic N) is 2. The third-order valence-electron chi connectivity index (χ3n) is 3.61. The second kappa shape index (κ2) is 8.85. The highest BCUT2D eigenvalue weighted by Crippen LogP contribution is 2.31. The van der Waals surface area contributed by atoms with E-state index in [1.807, 2.05) is 0 Å². The standard InChI is InChI=1S/C17H16BrN5O4S/c1-26-9-3-4-10(11(7-9)27-2)15-21-17(23-22-15)20-14(24)8-19-16(25)12-5-6-13(18)28-12/h3-7H,8H2,1-2H3,(H,19,25)(H2,20,21,22,23,24). The first-order valence-corrected chi connectivity index (χ1v) is 9.59. The molecule has 28 heavy (non-hydrogen) atoms. The molecular weight excluding hydrogens is 450 g/mol. The summed E-state index contributed by atoms with van der Waals surface area (Å²) < 4.78 is 11.3. The number of hydrogen-bond donors (Lipinski definition) is 3. The van der Waals surface area contributed by atoms with Crippen LogP contribution in [-0.4, -0.2) is 47.8 Å². The van der Waals surface area contributed by atoms with Crippen molar-refractivity contribution in [3.05, 3.63) is 39.0 Å². The fourth-order valence-corrected chi connectivity index (χ4v) is 3.59. The van der Waals surface area contributed by atoms with Crippen LogP contribution in [0.3, 0.4) is 0 Å². The summed E-state index contributed by atoms with van der Waals surface area (Å²) in [6.07, 6.45) is 0. The SMILES string of the molecule is COc1ccc(-c2nc(NC(=O)CNC(=O)c3ccc(Br)s3)n[nH]2)c(OC)c1. The molecule has 0 aliphatic heterocycles. The second-order valence-electron chi connectivity index (χ2n) is 5.41. The van der Waals surface area contributed by atoms with E-state index in [0.717, 1.165) is 3.79 Å². The van der Waals surface area contributed by atoms with Gasteiger partial charge in [0, 0.05) is 6.07 Å². The monoisotopic (exact) mass is 465 g/mol. The van der Waals surface area contributed by atoms with E-state index in [4.69, 9.17) is 9.47 Å². The van der Waals surface area contributed by atoms with Crippen LogP contribution in [0.15, 0.2) is 34.1 Å². The van der Waals surface area contributed by atoms with Crippen LogP contribution in [0.2, 0.25) is 0 Å². The number of thiophene rings is 1. The number of halogens is 1. The number of aromatic nitrogens is 3. The maximum Gasteiger partial charge on any atom is 0.261 e. The second-order valence-corrected chi connectivity index (χ2v) is 7.87. The summed E-state index contributed by atoms with van der Waals surface area (Å²) >= 11 is 4.57.